The zero-order valence-corrected chi connectivity index (χ0v) is 15.4. The molecule has 0 fully saturated rings. The number of benzene rings is 2. The zero-order chi connectivity index (χ0) is 18.4. The van der Waals surface area contributed by atoms with E-state index in [1.165, 1.54) is 13.0 Å². The van der Waals surface area contributed by atoms with Crippen molar-refractivity contribution in [3.63, 3.8) is 0 Å². The highest BCUT2D eigenvalue weighted by atomic mass is 35.5. The van der Waals surface area contributed by atoms with Gasteiger partial charge in [-0.2, -0.15) is 0 Å². The summed E-state index contributed by atoms with van der Waals surface area (Å²) in [4.78, 5) is 23.9. The second kappa shape index (κ2) is 8.94. The van der Waals surface area contributed by atoms with Gasteiger partial charge in [-0.1, -0.05) is 40.9 Å². The maximum absolute atomic E-state index is 12.1. The molecule has 1 atom stereocenters. The molecule has 0 aliphatic rings. The summed E-state index contributed by atoms with van der Waals surface area (Å²) >= 11 is 17.6. The first-order valence-electron chi connectivity index (χ1n) is 7.19. The van der Waals surface area contributed by atoms with Gasteiger partial charge in [-0.05, 0) is 43.3 Å². The van der Waals surface area contributed by atoms with Crippen molar-refractivity contribution in [3.05, 3.63) is 57.5 Å². The van der Waals surface area contributed by atoms with Crippen molar-refractivity contribution in [3.8, 4) is 5.75 Å². The fourth-order valence-corrected chi connectivity index (χ4v) is 2.33. The van der Waals surface area contributed by atoms with Crippen molar-refractivity contribution >= 4 is 52.4 Å². The quantitative estimate of drug-likeness (QED) is 0.717. The molecule has 132 valence electrons. The molecular formula is C17H14Cl3NO4. The van der Waals surface area contributed by atoms with Crippen LogP contribution in [0.25, 0.3) is 0 Å². The van der Waals surface area contributed by atoms with E-state index in [9.17, 15) is 9.59 Å². The Hall–Kier alpha value is -1.95. The van der Waals surface area contributed by atoms with Gasteiger partial charge in [0.1, 0.15) is 5.75 Å². The molecule has 25 heavy (non-hydrogen) atoms. The smallest absolute Gasteiger partial charge is 0.344 e. The van der Waals surface area contributed by atoms with E-state index in [0.717, 1.165) is 0 Å². The number of hydrogen-bond acceptors (Lipinski definition) is 4. The molecule has 0 aliphatic carbocycles. The molecule has 2 aromatic carbocycles. The van der Waals surface area contributed by atoms with Crippen LogP contribution in [0.1, 0.15) is 6.92 Å². The highest BCUT2D eigenvalue weighted by Gasteiger charge is 2.19. The Morgan fingerprint density at radius 1 is 1.08 bits per heavy atom. The SMILES string of the molecule is CC(OC(=O)COc1cccc(Cl)c1)C(=O)Nc1cc(Cl)ccc1Cl. The summed E-state index contributed by atoms with van der Waals surface area (Å²) in [5.41, 5.74) is 0.331. The van der Waals surface area contributed by atoms with E-state index in [1.807, 2.05) is 0 Å². The van der Waals surface area contributed by atoms with Crippen molar-refractivity contribution in [1.82, 2.24) is 0 Å². The molecule has 0 spiro atoms. The molecule has 5 nitrogen and oxygen atoms in total. The van der Waals surface area contributed by atoms with E-state index in [4.69, 9.17) is 44.3 Å². The average Bonchev–Trinajstić information content (AvgIpc) is 2.56. The number of carbonyl (C=O) groups excluding carboxylic acids is 2. The Labute approximate surface area is 159 Å². The van der Waals surface area contributed by atoms with Gasteiger partial charge in [0.15, 0.2) is 12.7 Å². The normalized spacial score (nSPS) is 11.5. The van der Waals surface area contributed by atoms with Gasteiger partial charge in [0.05, 0.1) is 10.7 Å². The average molecular weight is 403 g/mol. The first-order valence-corrected chi connectivity index (χ1v) is 8.32. The van der Waals surface area contributed by atoms with Crippen molar-refractivity contribution in [2.24, 2.45) is 0 Å². The molecule has 1 N–H and O–H groups in total. The topological polar surface area (TPSA) is 64.6 Å². The standard InChI is InChI=1S/C17H14Cl3NO4/c1-10(17(23)21-15-8-12(19)5-6-14(15)20)25-16(22)9-24-13-4-2-3-11(18)7-13/h2-8,10H,9H2,1H3,(H,21,23). The van der Waals surface area contributed by atoms with Gasteiger partial charge < -0.3 is 14.8 Å². The number of ether oxygens (including phenoxy) is 2. The highest BCUT2D eigenvalue weighted by Crippen LogP contribution is 2.25. The molecule has 0 saturated carbocycles. The van der Waals surface area contributed by atoms with E-state index in [2.05, 4.69) is 5.32 Å². The van der Waals surface area contributed by atoms with Crippen LogP contribution in [0, 0.1) is 0 Å². The number of hydrogen-bond donors (Lipinski definition) is 1. The molecule has 0 saturated heterocycles. The molecule has 2 rings (SSSR count). The van der Waals surface area contributed by atoms with E-state index >= 15 is 0 Å². The summed E-state index contributed by atoms with van der Waals surface area (Å²) in [6.07, 6.45) is -1.04. The monoisotopic (exact) mass is 401 g/mol. The van der Waals surface area contributed by atoms with Crippen LogP contribution in [0.2, 0.25) is 15.1 Å². The first-order chi connectivity index (χ1) is 11.8. The summed E-state index contributed by atoms with van der Waals surface area (Å²) in [6, 6.07) is 11.2. The number of anilines is 1. The third-order valence-corrected chi connectivity index (χ3v) is 3.82. The summed E-state index contributed by atoms with van der Waals surface area (Å²) in [6.45, 7) is 1.08. The van der Waals surface area contributed by atoms with Crippen molar-refractivity contribution in [2.75, 3.05) is 11.9 Å². The van der Waals surface area contributed by atoms with Crippen LogP contribution in [0.3, 0.4) is 0 Å². The van der Waals surface area contributed by atoms with Gasteiger partial charge in [0.25, 0.3) is 5.91 Å². The van der Waals surface area contributed by atoms with Crippen molar-refractivity contribution in [2.45, 2.75) is 13.0 Å². The van der Waals surface area contributed by atoms with Crippen LogP contribution in [0.15, 0.2) is 42.5 Å². The fourth-order valence-electron chi connectivity index (χ4n) is 1.81. The summed E-state index contributed by atoms with van der Waals surface area (Å²) in [7, 11) is 0. The van der Waals surface area contributed by atoms with Crippen LogP contribution in [-0.2, 0) is 14.3 Å². The molecule has 0 aromatic heterocycles. The predicted molar refractivity (Wildman–Crippen MR) is 97.6 cm³/mol. The number of rotatable bonds is 6. The molecule has 1 unspecified atom stereocenters. The predicted octanol–water partition coefficient (Wildman–Crippen LogP) is 4.60. The van der Waals surface area contributed by atoms with Crippen molar-refractivity contribution < 1.29 is 19.1 Å². The van der Waals surface area contributed by atoms with Gasteiger partial charge >= 0.3 is 5.97 Å². The van der Waals surface area contributed by atoms with E-state index in [0.29, 0.717) is 26.5 Å². The fraction of sp³-hybridized carbons (Fsp3) is 0.176. The van der Waals surface area contributed by atoms with Crippen LogP contribution >= 0.6 is 34.8 Å². The largest absolute Gasteiger partial charge is 0.482 e. The Bertz CT molecular complexity index is 782. The maximum Gasteiger partial charge on any atom is 0.344 e. The van der Waals surface area contributed by atoms with Crippen LogP contribution in [-0.4, -0.2) is 24.6 Å². The molecule has 0 radical (unpaired) electrons. The van der Waals surface area contributed by atoms with Gasteiger partial charge in [-0.15, -0.1) is 0 Å². The summed E-state index contributed by atoms with van der Waals surface area (Å²) < 4.78 is 10.3. The number of halogens is 3. The van der Waals surface area contributed by atoms with Crippen LogP contribution in [0.4, 0.5) is 5.69 Å². The molecule has 0 heterocycles. The molecular weight excluding hydrogens is 389 g/mol. The van der Waals surface area contributed by atoms with E-state index < -0.39 is 18.0 Å². The second-order valence-corrected chi connectivity index (χ2v) is 6.27. The lowest BCUT2D eigenvalue weighted by molar-refractivity contribution is -0.155. The number of esters is 1. The minimum absolute atomic E-state index is 0.320. The lowest BCUT2D eigenvalue weighted by atomic mass is 10.3. The third kappa shape index (κ3) is 6.12. The molecule has 1 amide bonds. The van der Waals surface area contributed by atoms with Gasteiger partial charge in [0, 0.05) is 10.0 Å². The first kappa shape index (κ1) is 19.4. The molecule has 8 heteroatoms. The van der Waals surface area contributed by atoms with Crippen LogP contribution in [0.5, 0.6) is 5.75 Å². The molecule has 2 aromatic rings. The van der Waals surface area contributed by atoms with Gasteiger partial charge in [0.2, 0.25) is 0 Å². The Kier molecular flexibility index (Phi) is 6.93. The number of nitrogens with one attached hydrogen (secondary N) is 1. The Balaban J connectivity index is 1.85. The van der Waals surface area contributed by atoms with Gasteiger partial charge in [-0.3, -0.25) is 4.79 Å². The molecule has 0 bridgehead atoms. The highest BCUT2D eigenvalue weighted by molar-refractivity contribution is 6.35. The number of amides is 1. The van der Waals surface area contributed by atoms with Crippen molar-refractivity contribution in [1.29, 1.82) is 0 Å². The maximum atomic E-state index is 12.1. The summed E-state index contributed by atoms with van der Waals surface area (Å²) in [5, 5.41) is 3.77. The lowest BCUT2D eigenvalue weighted by Gasteiger charge is -2.14. The minimum atomic E-state index is -1.04. The minimum Gasteiger partial charge on any atom is -0.482 e. The lowest BCUT2D eigenvalue weighted by Crippen LogP contribution is -2.31. The van der Waals surface area contributed by atoms with E-state index in [-0.39, 0.29) is 6.61 Å². The third-order valence-electron chi connectivity index (χ3n) is 3.02. The Morgan fingerprint density at radius 3 is 2.52 bits per heavy atom. The zero-order valence-electron chi connectivity index (χ0n) is 13.1. The molecule has 0 aliphatic heterocycles. The van der Waals surface area contributed by atoms with E-state index in [1.54, 1.807) is 36.4 Å². The second-order valence-electron chi connectivity index (χ2n) is 4.99. The van der Waals surface area contributed by atoms with Gasteiger partial charge in [-0.25, -0.2) is 4.79 Å². The summed E-state index contributed by atoms with van der Waals surface area (Å²) in [5.74, 6) is -0.813. The Morgan fingerprint density at radius 2 is 1.80 bits per heavy atom. The van der Waals surface area contributed by atoms with Crippen LogP contribution < -0.4 is 10.1 Å². The number of carbonyl (C=O) groups is 2.